The molecule has 0 aliphatic rings. The first-order valence-corrected chi connectivity index (χ1v) is 13.3. The predicted molar refractivity (Wildman–Crippen MR) is 129 cm³/mol. The Morgan fingerprint density at radius 3 is 1.81 bits per heavy atom. The first-order chi connectivity index (χ1) is 12.4. The second-order valence-corrected chi connectivity index (χ2v) is 13.3. The minimum atomic E-state index is -2.50. The van der Waals surface area contributed by atoms with Crippen LogP contribution >= 0.6 is 38.5 Å². The molecule has 4 heteroatoms. The van der Waals surface area contributed by atoms with Gasteiger partial charge in [0.25, 0.3) is 8.32 Å². The van der Waals surface area contributed by atoms with Crippen LogP contribution in [0.5, 0.6) is 0 Å². The van der Waals surface area contributed by atoms with Crippen molar-refractivity contribution in [3.05, 3.63) is 70.8 Å². The second-order valence-electron chi connectivity index (χ2n) is 7.70. The lowest BCUT2D eigenvalue weighted by Crippen LogP contribution is -2.68. The summed E-state index contributed by atoms with van der Waals surface area (Å²) in [6.45, 7) is 9.21. The molecule has 2 rings (SSSR count). The van der Waals surface area contributed by atoms with Crippen molar-refractivity contribution in [1.82, 2.24) is 0 Å². The van der Waals surface area contributed by atoms with Crippen LogP contribution in [0.3, 0.4) is 0 Å². The first kappa shape index (κ1) is 21.9. The van der Waals surface area contributed by atoms with E-state index in [0.29, 0.717) is 5.92 Å². The summed E-state index contributed by atoms with van der Waals surface area (Å²) in [4.78, 5) is 0. The number of hydrogen-bond acceptors (Lipinski definition) is 1. The van der Waals surface area contributed by atoms with Gasteiger partial charge in [0.1, 0.15) is 0 Å². The molecule has 2 aromatic carbocycles. The molecule has 140 valence electrons. The van der Waals surface area contributed by atoms with Gasteiger partial charge in [0.05, 0.1) is 6.10 Å². The molecule has 0 aliphatic carbocycles. The monoisotopic (exact) mass is 542 g/mol. The van der Waals surface area contributed by atoms with Crippen molar-refractivity contribution in [2.75, 3.05) is 5.33 Å². The minimum absolute atomic E-state index is 0.000890. The summed E-state index contributed by atoms with van der Waals surface area (Å²) in [7, 11) is -2.50. The normalized spacial score (nSPS) is 15.2. The van der Waals surface area contributed by atoms with E-state index in [0.717, 1.165) is 5.33 Å². The number of halogens is 2. The van der Waals surface area contributed by atoms with Gasteiger partial charge < -0.3 is 4.43 Å². The van der Waals surface area contributed by atoms with Crippen molar-refractivity contribution in [2.45, 2.75) is 38.8 Å². The van der Waals surface area contributed by atoms with E-state index in [9.17, 15) is 0 Å². The number of alkyl halides is 1. The van der Waals surface area contributed by atoms with Gasteiger partial charge in [0, 0.05) is 5.33 Å². The highest BCUT2D eigenvalue weighted by Gasteiger charge is 2.51. The predicted octanol–water partition coefficient (Wildman–Crippen LogP) is 5.91. The standard InChI is InChI=1S/C22H28BrIOSi/c1-18(17-23)21(15-16-24)25-26(22(2,3)4,19-11-7-5-8-12-19)20-13-9-6-10-14-20/h5-16,18,21H,17H2,1-4H3/b16-15+/t18-,21+/m1/s1. The molecule has 1 nitrogen and oxygen atoms in total. The van der Waals surface area contributed by atoms with Crippen molar-refractivity contribution >= 4 is 57.2 Å². The van der Waals surface area contributed by atoms with E-state index in [2.05, 4.69) is 137 Å². The molecular formula is C22H28BrIOSi. The summed E-state index contributed by atoms with van der Waals surface area (Å²) in [6.07, 6.45) is 2.27. The van der Waals surface area contributed by atoms with Gasteiger partial charge in [-0.2, -0.15) is 0 Å². The van der Waals surface area contributed by atoms with E-state index in [1.807, 2.05) is 0 Å². The van der Waals surface area contributed by atoms with Crippen molar-refractivity contribution in [1.29, 1.82) is 0 Å². The van der Waals surface area contributed by atoms with Gasteiger partial charge in [-0.15, -0.1) is 0 Å². The van der Waals surface area contributed by atoms with Crippen LogP contribution in [-0.2, 0) is 4.43 Å². The molecule has 0 spiro atoms. The molecule has 2 atom stereocenters. The fourth-order valence-electron chi connectivity index (χ4n) is 3.40. The summed E-state index contributed by atoms with van der Waals surface area (Å²) in [6, 6.07) is 21.7. The zero-order valence-electron chi connectivity index (χ0n) is 16.0. The van der Waals surface area contributed by atoms with E-state index in [4.69, 9.17) is 4.43 Å². The Morgan fingerprint density at radius 1 is 1.00 bits per heavy atom. The van der Waals surface area contributed by atoms with Crippen LogP contribution < -0.4 is 10.4 Å². The average Bonchev–Trinajstić information content (AvgIpc) is 2.65. The molecule has 0 aromatic heterocycles. The number of hydrogen-bond donors (Lipinski definition) is 0. The molecule has 0 saturated carbocycles. The van der Waals surface area contributed by atoms with Crippen molar-refractivity contribution in [3.63, 3.8) is 0 Å². The Morgan fingerprint density at radius 2 is 1.46 bits per heavy atom. The Bertz CT molecular complexity index is 658. The van der Waals surface area contributed by atoms with Crippen LogP contribution in [0.1, 0.15) is 27.7 Å². The van der Waals surface area contributed by atoms with Crippen LogP contribution in [0.15, 0.2) is 70.8 Å². The highest BCUT2D eigenvalue weighted by atomic mass is 127. The van der Waals surface area contributed by atoms with Crippen LogP contribution in [0, 0.1) is 5.92 Å². The van der Waals surface area contributed by atoms with Gasteiger partial charge in [-0.05, 0) is 25.4 Å². The van der Waals surface area contributed by atoms with E-state index in [-0.39, 0.29) is 11.1 Å². The fourth-order valence-corrected chi connectivity index (χ4v) is 8.91. The quantitative estimate of drug-likeness (QED) is 0.240. The largest absolute Gasteiger partial charge is 0.401 e. The SMILES string of the molecule is C[C@H](CBr)[C@H](/C=C/I)O[Si](c1ccccc1)(c1ccccc1)C(C)(C)C. The molecule has 0 aliphatic heterocycles. The van der Waals surface area contributed by atoms with Gasteiger partial charge in [0.15, 0.2) is 0 Å². The molecule has 0 amide bonds. The Hall–Kier alpha value is -0.433. The topological polar surface area (TPSA) is 9.23 Å². The maximum absolute atomic E-state index is 7.19. The Balaban J connectivity index is 2.71. The molecule has 0 fully saturated rings. The zero-order chi connectivity index (χ0) is 19.2. The van der Waals surface area contributed by atoms with Crippen LogP contribution in [-0.4, -0.2) is 19.8 Å². The molecule has 26 heavy (non-hydrogen) atoms. The van der Waals surface area contributed by atoms with Crippen molar-refractivity contribution < 1.29 is 4.43 Å². The molecule has 2 aromatic rings. The summed E-state index contributed by atoms with van der Waals surface area (Å²) in [5, 5.41) is 3.57. The number of benzene rings is 2. The molecule has 0 N–H and O–H groups in total. The van der Waals surface area contributed by atoms with Crippen LogP contribution in [0.25, 0.3) is 0 Å². The highest BCUT2D eigenvalue weighted by molar-refractivity contribution is 14.1. The summed E-state index contributed by atoms with van der Waals surface area (Å²) in [5.41, 5.74) is 0. The van der Waals surface area contributed by atoms with Crippen molar-refractivity contribution in [3.8, 4) is 0 Å². The van der Waals surface area contributed by atoms with Gasteiger partial charge >= 0.3 is 0 Å². The van der Waals surface area contributed by atoms with Gasteiger partial charge in [0.2, 0.25) is 0 Å². The minimum Gasteiger partial charge on any atom is -0.401 e. The van der Waals surface area contributed by atoms with Crippen LogP contribution in [0.4, 0.5) is 0 Å². The third-order valence-corrected chi connectivity index (χ3v) is 11.3. The maximum Gasteiger partial charge on any atom is 0.261 e. The third-order valence-electron chi connectivity index (χ3n) is 4.80. The lowest BCUT2D eigenvalue weighted by Gasteiger charge is -2.45. The fraction of sp³-hybridized carbons (Fsp3) is 0.364. The van der Waals surface area contributed by atoms with Gasteiger partial charge in [-0.3, -0.25) is 0 Å². The summed E-state index contributed by atoms with van der Waals surface area (Å²) < 4.78 is 9.27. The smallest absolute Gasteiger partial charge is 0.261 e. The van der Waals surface area contributed by atoms with E-state index in [1.165, 1.54) is 10.4 Å². The molecule has 0 bridgehead atoms. The molecule has 0 radical (unpaired) electrons. The average molecular weight is 543 g/mol. The molecular weight excluding hydrogens is 515 g/mol. The summed E-state index contributed by atoms with van der Waals surface area (Å²) >= 11 is 5.95. The van der Waals surface area contributed by atoms with E-state index in [1.54, 1.807) is 0 Å². The lowest BCUT2D eigenvalue weighted by atomic mass is 10.1. The van der Waals surface area contributed by atoms with Crippen LogP contribution in [0.2, 0.25) is 5.04 Å². The second kappa shape index (κ2) is 9.67. The van der Waals surface area contributed by atoms with Gasteiger partial charge in [-0.25, -0.2) is 0 Å². The van der Waals surface area contributed by atoms with Gasteiger partial charge in [-0.1, -0.05) is 133 Å². The van der Waals surface area contributed by atoms with E-state index >= 15 is 0 Å². The lowest BCUT2D eigenvalue weighted by molar-refractivity contribution is 0.187. The third kappa shape index (κ3) is 4.69. The zero-order valence-corrected chi connectivity index (χ0v) is 20.7. The maximum atomic E-state index is 7.19. The molecule has 0 saturated heterocycles. The first-order valence-electron chi connectivity index (χ1n) is 8.98. The number of rotatable bonds is 7. The Kier molecular flexibility index (Phi) is 8.13. The summed E-state index contributed by atoms with van der Waals surface area (Å²) in [5.74, 6) is 0.391. The van der Waals surface area contributed by atoms with E-state index < -0.39 is 8.32 Å². The Labute approximate surface area is 181 Å². The highest BCUT2D eigenvalue weighted by Crippen LogP contribution is 2.38. The van der Waals surface area contributed by atoms with Crippen molar-refractivity contribution in [2.24, 2.45) is 5.92 Å². The molecule has 0 unspecified atom stereocenters. The molecule has 0 heterocycles.